The van der Waals surface area contributed by atoms with Crippen LogP contribution in [0.25, 0.3) is 21.7 Å². The average molecular weight is 366 g/mol. The number of ether oxygens (including phenoxy) is 1. The Bertz CT molecular complexity index is 1000. The summed E-state index contributed by atoms with van der Waals surface area (Å²) in [5, 5.41) is 6.84. The summed E-state index contributed by atoms with van der Waals surface area (Å²) in [5.41, 5.74) is 1.35. The lowest BCUT2D eigenvalue weighted by molar-refractivity contribution is -0.00966. The molecule has 1 saturated heterocycles. The van der Waals surface area contributed by atoms with Gasteiger partial charge >= 0.3 is 5.63 Å². The molecule has 27 heavy (non-hydrogen) atoms. The highest BCUT2D eigenvalue weighted by Gasteiger charge is 2.27. The minimum absolute atomic E-state index is 0.0289. The molecule has 0 aliphatic carbocycles. The van der Waals surface area contributed by atoms with Crippen molar-refractivity contribution in [2.75, 3.05) is 32.8 Å². The maximum atomic E-state index is 12.0. The molecule has 1 aromatic heterocycles. The molecular formula is C22H26N2O3. The maximum absolute atomic E-state index is 12.0. The quantitative estimate of drug-likeness (QED) is 0.555. The van der Waals surface area contributed by atoms with E-state index in [2.05, 4.69) is 36.2 Å². The van der Waals surface area contributed by atoms with Gasteiger partial charge in [0.2, 0.25) is 0 Å². The summed E-state index contributed by atoms with van der Waals surface area (Å²) in [4.78, 5) is 14.5. The van der Waals surface area contributed by atoms with Crippen LogP contribution >= 0.6 is 0 Å². The first kappa shape index (κ1) is 18.2. The van der Waals surface area contributed by atoms with Gasteiger partial charge in [0.1, 0.15) is 5.58 Å². The third kappa shape index (κ3) is 3.76. The monoisotopic (exact) mass is 366 g/mol. The van der Waals surface area contributed by atoms with E-state index in [-0.39, 0.29) is 11.2 Å². The SMILES string of the molecule is CC(C)(CNCc1cc(=O)oc2ccc3ccccc3c12)N1CCOCC1. The summed E-state index contributed by atoms with van der Waals surface area (Å²) in [6, 6.07) is 13.7. The van der Waals surface area contributed by atoms with E-state index in [0.717, 1.165) is 54.6 Å². The fourth-order valence-corrected chi connectivity index (χ4v) is 3.94. The van der Waals surface area contributed by atoms with Crippen LogP contribution in [-0.4, -0.2) is 43.3 Å². The van der Waals surface area contributed by atoms with E-state index >= 15 is 0 Å². The number of nitrogens with zero attached hydrogens (tertiary/aromatic N) is 1. The van der Waals surface area contributed by atoms with Gasteiger partial charge in [-0.25, -0.2) is 4.79 Å². The largest absolute Gasteiger partial charge is 0.423 e. The van der Waals surface area contributed by atoms with E-state index in [0.29, 0.717) is 12.1 Å². The fraction of sp³-hybridized carbons (Fsp3) is 0.409. The summed E-state index contributed by atoms with van der Waals surface area (Å²) in [6.45, 7) is 9.45. The van der Waals surface area contributed by atoms with Crippen LogP contribution in [-0.2, 0) is 11.3 Å². The fourth-order valence-electron chi connectivity index (χ4n) is 3.94. The second-order valence-electron chi connectivity index (χ2n) is 7.77. The Morgan fingerprint density at radius 1 is 1.11 bits per heavy atom. The summed E-state index contributed by atoms with van der Waals surface area (Å²) in [5.74, 6) is 0. The predicted octanol–water partition coefficient (Wildman–Crippen LogP) is 3.15. The third-order valence-electron chi connectivity index (χ3n) is 5.45. The number of nitrogens with one attached hydrogen (secondary N) is 1. The van der Waals surface area contributed by atoms with Crippen molar-refractivity contribution in [3.63, 3.8) is 0 Å². The smallest absolute Gasteiger partial charge is 0.336 e. The van der Waals surface area contributed by atoms with Gasteiger partial charge in [-0.1, -0.05) is 30.3 Å². The highest BCUT2D eigenvalue weighted by molar-refractivity contribution is 6.07. The molecule has 2 aromatic carbocycles. The molecule has 142 valence electrons. The lowest BCUT2D eigenvalue weighted by Gasteiger charge is -2.41. The molecule has 2 heterocycles. The van der Waals surface area contributed by atoms with E-state index in [4.69, 9.17) is 9.15 Å². The van der Waals surface area contributed by atoms with Crippen molar-refractivity contribution < 1.29 is 9.15 Å². The molecule has 1 N–H and O–H groups in total. The van der Waals surface area contributed by atoms with E-state index < -0.39 is 0 Å². The molecule has 4 rings (SSSR count). The van der Waals surface area contributed by atoms with Gasteiger partial charge < -0.3 is 14.5 Å². The topological polar surface area (TPSA) is 54.7 Å². The summed E-state index contributed by atoms with van der Waals surface area (Å²) in [7, 11) is 0. The molecule has 0 unspecified atom stereocenters. The van der Waals surface area contributed by atoms with Gasteiger partial charge in [-0.2, -0.15) is 0 Å². The Morgan fingerprint density at radius 3 is 2.70 bits per heavy atom. The molecule has 1 aliphatic rings. The molecule has 3 aromatic rings. The first-order valence-corrected chi connectivity index (χ1v) is 9.53. The second kappa shape index (κ2) is 7.43. The molecule has 5 nitrogen and oxygen atoms in total. The van der Waals surface area contributed by atoms with Crippen LogP contribution < -0.4 is 10.9 Å². The Morgan fingerprint density at radius 2 is 1.89 bits per heavy atom. The van der Waals surface area contributed by atoms with E-state index in [1.807, 2.05) is 24.3 Å². The Kier molecular flexibility index (Phi) is 5.00. The van der Waals surface area contributed by atoms with Gasteiger partial charge in [0.05, 0.1) is 13.2 Å². The number of hydrogen-bond donors (Lipinski definition) is 1. The van der Waals surface area contributed by atoms with Crippen molar-refractivity contribution in [2.45, 2.75) is 25.9 Å². The van der Waals surface area contributed by atoms with Crippen LogP contribution in [0.1, 0.15) is 19.4 Å². The van der Waals surface area contributed by atoms with Crippen molar-refractivity contribution in [3.05, 3.63) is 58.4 Å². The Hall–Kier alpha value is -2.21. The van der Waals surface area contributed by atoms with Gasteiger partial charge in [0.25, 0.3) is 0 Å². The Balaban J connectivity index is 1.60. The molecule has 0 amide bonds. The van der Waals surface area contributed by atoms with Crippen LogP contribution in [0, 0.1) is 0 Å². The first-order chi connectivity index (χ1) is 13.0. The molecular weight excluding hydrogens is 340 g/mol. The van der Waals surface area contributed by atoms with Gasteiger partial charge in [-0.05, 0) is 36.2 Å². The zero-order chi connectivity index (χ0) is 18.9. The molecule has 5 heteroatoms. The molecule has 0 radical (unpaired) electrons. The molecule has 0 bridgehead atoms. The van der Waals surface area contributed by atoms with Crippen LogP contribution in [0.5, 0.6) is 0 Å². The number of fused-ring (bicyclic) bond motifs is 3. The van der Waals surface area contributed by atoms with Crippen molar-refractivity contribution >= 4 is 21.7 Å². The predicted molar refractivity (Wildman–Crippen MR) is 108 cm³/mol. The average Bonchev–Trinajstić information content (AvgIpc) is 2.68. The minimum atomic E-state index is -0.304. The van der Waals surface area contributed by atoms with Crippen molar-refractivity contribution in [1.82, 2.24) is 10.2 Å². The summed E-state index contributed by atoms with van der Waals surface area (Å²) < 4.78 is 10.9. The van der Waals surface area contributed by atoms with Crippen molar-refractivity contribution in [2.24, 2.45) is 0 Å². The zero-order valence-electron chi connectivity index (χ0n) is 16.0. The highest BCUT2D eigenvalue weighted by Crippen LogP contribution is 2.27. The van der Waals surface area contributed by atoms with Crippen LogP contribution in [0.4, 0.5) is 0 Å². The molecule has 0 spiro atoms. The van der Waals surface area contributed by atoms with Crippen LogP contribution in [0.3, 0.4) is 0 Å². The van der Waals surface area contributed by atoms with Crippen molar-refractivity contribution in [3.8, 4) is 0 Å². The van der Waals surface area contributed by atoms with Gasteiger partial charge in [0, 0.05) is 43.2 Å². The molecule has 0 atom stereocenters. The summed E-state index contributed by atoms with van der Waals surface area (Å²) in [6.07, 6.45) is 0. The number of benzene rings is 2. The third-order valence-corrected chi connectivity index (χ3v) is 5.45. The van der Waals surface area contributed by atoms with Crippen LogP contribution in [0.15, 0.2) is 51.7 Å². The standard InChI is InChI=1S/C22H26N2O3/c1-22(2,24-9-11-26-12-10-24)15-23-14-17-13-20(25)27-19-8-7-16-5-3-4-6-18(16)21(17)19/h3-8,13,23H,9-12,14-15H2,1-2H3. The van der Waals surface area contributed by atoms with Crippen LogP contribution in [0.2, 0.25) is 0 Å². The summed E-state index contributed by atoms with van der Waals surface area (Å²) >= 11 is 0. The number of morpholine rings is 1. The lowest BCUT2D eigenvalue weighted by atomic mass is 10.00. The normalized spacial score (nSPS) is 16.2. The lowest BCUT2D eigenvalue weighted by Crippen LogP contribution is -2.54. The molecule has 0 saturated carbocycles. The maximum Gasteiger partial charge on any atom is 0.336 e. The van der Waals surface area contributed by atoms with Gasteiger partial charge in [0.15, 0.2) is 0 Å². The second-order valence-corrected chi connectivity index (χ2v) is 7.77. The van der Waals surface area contributed by atoms with E-state index in [1.165, 1.54) is 0 Å². The molecule has 1 aliphatic heterocycles. The van der Waals surface area contributed by atoms with E-state index in [1.54, 1.807) is 6.07 Å². The molecule has 1 fully saturated rings. The van der Waals surface area contributed by atoms with E-state index in [9.17, 15) is 4.79 Å². The first-order valence-electron chi connectivity index (χ1n) is 9.53. The minimum Gasteiger partial charge on any atom is -0.423 e. The highest BCUT2D eigenvalue weighted by atomic mass is 16.5. The number of rotatable bonds is 5. The number of hydrogen-bond acceptors (Lipinski definition) is 5. The van der Waals surface area contributed by atoms with Crippen molar-refractivity contribution in [1.29, 1.82) is 0 Å². The zero-order valence-corrected chi connectivity index (χ0v) is 16.0. The Labute approximate surface area is 158 Å². The van der Waals surface area contributed by atoms with Gasteiger partial charge in [-0.3, -0.25) is 4.90 Å². The van der Waals surface area contributed by atoms with Gasteiger partial charge in [-0.15, -0.1) is 0 Å².